The van der Waals surface area contributed by atoms with Crippen LogP contribution in [0.3, 0.4) is 0 Å². The molecule has 4 N–H and O–H groups in total. The zero-order valence-corrected chi connectivity index (χ0v) is 21.6. The average molecular weight is 531 g/mol. The number of hydrogen-bond donors (Lipinski definition) is 4. The Morgan fingerprint density at radius 1 is 0.975 bits per heavy atom. The second-order valence-electron chi connectivity index (χ2n) is 9.98. The maximum Gasteiger partial charge on any atom is 0.224 e. The third-order valence-corrected chi connectivity index (χ3v) is 7.28. The van der Waals surface area contributed by atoms with Gasteiger partial charge in [-0.2, -0.15) is 5.10 Å². The maximum atomic E-state index is 12.7. The fourth-order valence-electron chi connectivity index (χ4n) is 5.24. The van der Waals surface area contributed by atoms with Crippen molar-refractivity contribution in [1.29, 1.82) is 0 Å². The predicted octanol–water partition coefficient (Wildman–Crippen LogP) is 4.35. The first kappa shape index (κ1) is 24.0. The van der Waals surface area contributed by atoms with Crippen LogP contribution in [0, 0.1) is 5.92 Å². The van der Waals surface area contributed by atoms with Crippen LogP contribution in [0.15, 0.2) is 67.5 Å². The Morgan fingerprint density at radius 3 is 2.75 bits per heavy atom. The van der Waals surface area contributed by atoms with Crippen LogP contribution < -0.4 is 10.6 Å². The Kier molecular flexibility index (Phi) is 6.17. The van der Waals surface area contributed by atoms with Gasteiger partial charge >= 0.3 is 0 Å². The summed E-state index contributed by atoms with van der Waals surface area (Å²) in [4.78, 5) is 38.5. The van der Waals surface area contributed by atoms with Crippen molar-refractivity contribution in [3.63, 3.8) is 0 Å². The van der Waals surface area contributed by atoms with E-state index in [1.165, 1.54) is 0 Å². The number of rotatable bonds is 6. The van der Waals surface area contributed by atoms with Gasteiger partial charge in [0.25, 0.3) is 0 Å². The Labute approximate surface area is 228 Å². The molecule has 0 saturated carbocycles. The van der Waals surface area contributed by atoms with Crippen molar-refractivity contribution in [2.45, 2.75) is 19.3 Å². The molecule has 6 aromatic rings. The summed E-state index contributed by atoms with van der Waals surface area (Å²) in [5, 5.41) is 14.8. The number of nitrogens with zero attached hydrogens (tertiary/aromatic N) is 6. The molecule has 0 aliphatic carbocycles. The van der Waals surface area contributed by atoms with Crippen LogP contribution in [-0.2, 0) is 4.79 Å². The molecule has 0 radical (unpaired) electrons. The lowest BCUT2D eigenvalue weighted by Gasteiger charge is -2.21. The molecular formula is C29H26N10O. The summed E-state index contributed by atoms with van der Waals surface area (Å²) in [6, 6.07) is 9.67. The minimum Gasteiger partial charge on any atom is -0.325 e. The fraction of sp³-hybridized carbons (Fsp3) is 0.207. The smallest absolute Gasteiger partial charge is 0.224 e. The molecule has 1 fully saturated rings. The second-order valence-corrected chi connectivity index (χ2v) is 9.98. The quantitative estimate of drug-likeness (QED) is 0.248. The van der Waals surface area contributed by atoms with E-state index in [0.717, 1.165) is 59.0 Å². The van der Waals surface area contributed by atoms with Crippen LogP contribution >= 0.6 is 0 Å². The number of piperidine rings is 1. The highest BCUT2D eigenvalue weighted by Gasteiger charge is 2.19. The van der Waals surface area contributed by atoms with Crippen molar-refractivity contribution < 1.29 is 4.79 Å². The van der Waals surface area contributed by atoms with Gasteiger partial charge in [-0.3, -0.25) is 24.8 Å². The highest BCUT2D eigenvalue weighted by atomic mass is 16.1. The summed E-state index contributed by atoms with van der Waals surface area (Å²) in [7, 11) is 0. The van der Waals surface area contributed by atoms with Gasteiger partial charge in [-0.05, 0) is 56.1 Å². The molecule has 0 spiro atoms. The number of pyridine rings is 4. The molecule has 11 nitrogen and oxygen atoms in total. The number of fused-ring (bicyclic) bond motifs is 2. The number of carbonyl (C=O) groups excluding carboxylic acids is 1. The number of amides is 1. The molecule has 1 aliphatic heterocycles. The highest BCUT2D eigenvalue weighted by molar-refractivity contribution is 5.97. The van der Waals surface area contributed by atoms with E-state index >= 15 is 0 Å². The average Bonchev–Trinajstić information content (AvgIpc) is 3.62. The normalized spacial score (nSPS) is 14.1. The number of H-pyrrole nitrogens is 2. The molecule has 7 heterocycles. The number of aromatic amines is 2. The minimum atomic E-state index is 0.00975. The zero-order chi connectivity index (χ0) is 26.9. The topological polar surface area (TPSA) is 150 Å². The predicted molar refractivity (Wildman–Crippen MR) is 152 cm³/mol. The van der Waals surface area contributed by atoms with Crippen molar-refractivity contribution >= 4 is 33.7 Å². The van der Waals surface area contributed by atoms with E-state index in [2.05, 4.69) is 45.8 Å². The summed E-state index contributed by atoms with van der Waals surface area (Å²) in [5.41, 5.74) is 6.90. The minimum absolute atomic E-state index is 0.00975. The number of imidazole rings is 1. The summed E-state index contributed by atoms with van der Waals surface area (Å²) in [6.45, 7) is 1.94. The Balaban J connectivity index is 1.19. The number of nitrogens with one attached hydrogen (secondary N) is 4. The lowest BCUT2D eigenvalue weighted by Crippen LogP contribution is -2.30. The molecule has 6 aromatic heterocycles. The van der Waals surface area contributed by atoms with Gasteiger partial charge in [0.1, 0.15) is 11.2 Å². The maximum absolute atomic E-state index is 12.7. The van der Waals surface area contributed by atoms with Gasteiger partial charge in [-0.1, -0.05) is 6.07 Å². The van der Waals surface area contributed by atoms with Crippen molar-refractivity contribution in [1.82, 2.24) is 45.4 Å². The molecule has 0 unspecified atom stereocenters. The fourth-order valence-corrected chi connectivity index (χ4v) is 5.24. The van der Waals surface area contributed by atoms with Crippen LogP contribution in [0.2, 0.25) is 0 Å². The summed E-state index contributed by atoms with van der Waals surface area (Å²) >= 11 is 0. The molecule has 7 rings (SSSR count). The van der Waals surface area contributed by atoms with Crippen LogP contribution in [0.4, 0.5) is 5.69 Å². The summed E-state index contributed by atoms with van der Waals surface area (Å²) in [6.07, 6.45) is 13.0. The van der Waals surface area contributed by atoms with Crippen molar-refractivity contribution in [3.05, 3.63) is 67.5 Å². The first-order valence-corrected chi connectivity index (χ1v) is 13.3. The summed E-state index contributed by atoms with van der Waals surface area (Å²) in [5.74, 6) is 1.02. The van der Waals surface area contributed by atoms with Crippen molar-refractivity contribution in [2.75, 3.05) is 18.4 Å². The van der Waals surface area contributed by atoms with Crippen LogP contribution in [0.1, 0.15) is 19.3 Å². The van der Waals surface area contributed by atoms with Gasteiger partial charge in [-0.15, -0.1) is 0 Å². The first-order valence-electron chi connectivity index (χ1n) is 13.3. The lowest BCUT2D eigenvalue weighted by atomic mass is 9.94. The molecular weight excluding hydrogens is 504 g/mol. The van der Waals surface area contributed by atoms with E-state index in [0.29, 0.717) is 40.9 Å². The van der Waals surface area contributed by atoms with E-state index in [4.69, 9.17) is 4.98 Å². The van der Waals surface area contributed by atoms with Gasteiger partial charge < -0.3 is 15.6 Å². The molecule has 198 valence electrons. The van der Waals surface area contributed by atoms with Gasteiger partial charge in [-0.25, -0.2) is 9.97 Å². The standard InChI is InChI=1S/C29H26N10O/c40-25(10-17-3-7-30-8-4-17)35-20-11-19(14-32-15-20)23-12-22-24(16-34-23)38-39-27(22)29-36-26-21(5-9-33-28(26)37-29)18-2-1-6-31-13-18/h1-2,5-6,9,11-17,30H,3-4,7-8,10H2,(H,35,40)(H,38,39)(H,33,36,37). The molecule has 1 saturated heterocycles. The van der Waals surface area contributed by atoms with E-state index in [1.54, 1.807) is 31.0 Å². The number of carbonyl (C=O) groups is 1. The van der Waals surface area contributed by atoms with Gasteiger partial charge in [0.2, 0.25) is 5.91 Å². The molecule has 1 amide bonds. The van der Waals surface area contributed by atoms with E-state index in [1.807, 2.05) is 36.5 Å². The van der Waals surface area contributed by atoms with Crippen molar-refractivity contribution in [3.8, 4) is 33.9 Å². The first-order chi connectivity index (χ1) is 19.7. The number of aromatic nitrogens is 8. The van der Waals surface area contributed by atoms with Gasteiger partial charge in [0.05, 0.1) is 29.3 Å². The van der Waals surface area contributed by atoms with Gasteiger partial charge in [0, 0.05) is 53.3 Å². The zero-order valence-electron chi connectivity index (χ0n) is 21.6. The third-order valence-electron chi connectivity index (χ3n) is 7.28. The van der Waals surface area contributed by atoms with Crippen LogP contribution in [-0.4, -0.2) is 59.1 Å². The third kappa shape index (κ3) is 4.67. The molecule has 40 heavy (non-hydrogen) atoms. The SMILES string of the molecule is O=C(CC1CCNCC1)Nc1cncc(-c2cc3c(-c4nc5c(-c6cccnc6)ccnc5[nH]4)n[nH]c3cn2)c1. The number of hydrogen-bond acceptors (Lipinski definition) is 8. The van der Waals surface area contributed by atoms with E-state index in [9.17, 15) is 4.79 Å². The highest BCUT2D eigenvalue weighted by Crippen LogP contribution is 2.32. The Hall–Kier alpha value is -5.03. The monoisotopic (exact) mass is 530 g/mol. The van der Waals surface area contributed by atoms with E-state index < -0.39 is 0 Å². The van der Waals surface area contributed by atoms with Crippen LogP contribution in [0.5, 0.6) is 0 Å². The van der Waals surface area contributed by atoms with Crippen molar-refractivity contribution in [2.24, 2.45) is 5.92 Å². The summed E-state index contributed by atoms with van der Waals surface area (Å²) < 4.78 is 0. The second kappa shape index (κ2) is 10.3. The lowest BCUT2D eigenvalue weighted by molar-refractivity contribution is -0.117. The molecule has 11 heteroatoms. The molecule has 0 aromatic carbocycles. The van der Waals surface area contributed by atoms with Gasteiger partial charge in [0.15, 0.2) is 11.5 Å². The van der Waals surface area contributed by atoms with E-state index in [-0.39, 0.29) is 5.91 Å². The Bertz CT molecular complexity index is 1820. The molecule has 0 atom stereocenters. The largest absolute Gasteiger partial charge is 0.325 e. The Morgan fingerprint density at radius 2 is 1.88 bits per heavy atom. The number of anilines is 1. The molecule has 1 aliphatic rings. The van der Waals surface area contributed by atoms with Crippen LogP contribution in [0.25, 0.3) is 56.0 Å². The molecule has 0 bridgehead atoms.